The quantitative estimate of drug-likeness (QED) is 0.0266. The number of amides is 1. The Morgan fingerprint density at radius 1 is 0.783 bits per heavy atom. The summed E-state index contributed by atoms with van der Waals surface area (Å²) in [5.74, 6) is -0.464. The summed E-state index contributed by atoms with van der Waals surface area (Å²) >= 11 is 0. The van der Waals surface area contributed by atoms with Crippen molar-refractivity contribution in [2.45, 2.75) is 167 Å². The Morgan fingerprint density at radius 2 is 1.28 bits per heavy atom. The van der Waals surface area contributed by atoms with E-state index in [-0.39, 0.29) is 19.6 Å². The number of nitrogens with one attached hydrogen (secondary N) is 1. The molecule has 0 heterocycles. The molecular formula is C36H69N2O7P. The number of hydrogen-bond acceptors (Lipinski definition) is 7. The standard InChI is InChI=1S/C36H69N2O7P/c1-3-5-7-9-11-13-14-15-16-17-18-20-21-23-25-27-33(39)31-36(41)38-34(32-45-46(42,43)44-30-29-37)35(40)28-26-24-22-19-12-10-8-6-4-2/h4,6,12,19,26,28,33-35,39-40H,3,5,7-11,13-18,20-25,27,29-32,37H2,1-2H3,(H,38,41)(H,42,43)/b6-4+,19-12+,28-26+. The lowest BCUT2D eigenvalue weighted by Crippen LogP contribution is -2.46. The van der Waals surface area contributed by atoms with Gasteiger partial charge in [-0.2, -0.15) is 0 Å². The fourth-order valence-electron chi connectivity index (χ4n) is 5.10. The lowest BCUT2D eigenvalue weighted by molar-refractivity contribution is -0.124. The van der Waals surface area contributed by atoms with E-state index in [0.717, 1.165) is 38.5 Å². The smallest absolute Gasteiger partial charge is 0.393 e. The Kier molecular flexibility index (Phi) is 31.3. The average Bonchev–Trinajstić information content (AvgIpc) is 3.03. The van der Waals surface area contributed by atoms with Gasteiger partial charge in [0.1, 0.15) is 0 Å². The second kappa shape index (κ2) is 32.2. The maximum absolute atomic E-state index is 12.7. The van der Waals surface area contributed by atoms with E-state index in [1.54, 1.807) is 6.08 Å². The SMILES string of the molecule is C/C=C/CC/C=C/CC/C=C/C(O)C(COP(=O)(O)OCCN)NC(=O)CC(O)CCCCCCCCCCCCCCCCC. The number of hydrogen-bond donors (Lipinski definition) is 5. The highest BCUT2D eigenvalue weighted by Gasteiger charge is 2.27. The molecule has 0 aliphatic carbocycles. The van der Waals surface area contributed by atoms with Gasteiger partial charge in [-0.25, -0.2) is 4.57 Å². The van der Waals surface area contributed by atoms with Gasteiger partial charge in [-0.15, -0.1) is 0 Å². The van der Waals surface area contributed by atoms with Gasteiger partial charge in [-0.05, 0) is 39.0 Å². The fourth-order valence-corrected chi connectivity index (χ4v) is 5.86. The zero-order chi connectivity index (χ0) is 34.1. The fraction of sp³-hybridized carbons (Fsp3) is 0.806. The molecule has 0 saturated heterocycles. The highest BCUT2D eigenvalue weighted by Crippen LogP contribution is 2.43. The van der Waals surface area contributed by atoms with Crippen molar-refractivity contribution >= 4 is 13.7 Å². The van der Waals surface area contributed by atoms with Crippen LogP contribution in [0.4, 0.5) is 0 Å². The molecule has 0 bridgehead atoms. The molecule has 6 N–H and O–H groups in total. The molecular weight excluding hydrogens is 603 g/mol. The van der Waals surface area contributed by atoms with Crippen molar-refractivity contribution in [2.24, 2.45) is 5.73 Å². The summed E-state index contributed by atoms with van der Waals surface area (Å²) in [5, 5.41) is 23.8. The van der Waals surface area contributed by atoms with Crippen LogP contribution in [0.3, 0.4) is 0 Å². The summed E-state index contributed by atoms with van der Waals surface area (Å²) in [4.78, 5) is 22.6. The molecule has 0 aromatic carbocycles. The highest BCUT2D eigenvalue weighted by atomic mass is 31.2. The van der Waals surface area contributed by atoms with Gasteiger partial charge in [0, 0.05) is 6.54 Å². The summed E-state index contributed by atoms with van der Waals surface area (Å²) in [6.07, 6.45) is 32.6. The number of nitrogens with two attached hydrogens (primary N) is 1. The van der Waals surface area contributed by atoms with Crippen molar-refractivity contribution in [3.05, 3.63) is 36.5 Å². The van der Waals surface area contributed by atoms with Crippen LogP contribution in [-0.2, 0) is 18.4 Å². The number of allylic oxidation sites excluding steroid dienone is 5. The van der Waals surface area contributed by atoms with Gasteiger partial charge in [-0.3, -0.25) is 13.8 Å². The lowest BCUT2D eigenvalue weighted by Gasteiger charge is -2.24. The van der Waals surface area contributed by atoms with Crippen molar-refractivity contribution in [1.29, 1.82) is 0 Å². The minimum Gasteiger partial charge on any atom is -0.393 e. The van der Waals surface area contributed by atoms with E-state index in [0.29, 0.717) is 12.8 Å². The first-order chi connectivity index (χ1) is 22.3. The van der Waals surface area contributed by atoms with Gasteiger partial charge in [-0.1, -0.05) is 140 Å². The van der Waals surface area contributed by atoms with Crippen molar-refractivity contribution in [2.75, 3.05) is 19.8 Å². The van der Waals surface area contributed by atoms with Crippen LogP contribution in [0, 0.1) is 0 Å². The van der Waals surface area contributed by atoms with E-state index in [9.17, 15) is 24.5 Å². The second-order valence-electron chi connectivity index (χ2n) is 12.3. The van der Waals surface area contributed by atoms with Crippen LogP contribution in [0.25, 0.3) is 0 Å². The zero-order valence-electron chi connectivity index (χ0n) is 29.2. The number of phosphoric acid groups is 1. The molecule has 46 heavy (non-hydrogen) atoms. The molecule has 10 heteroatoms. The van der Waals surface area contributed by atoms with Gasteiger partial charge in [0.2, 0.25) is 5.91 Å². The second-order valence-corrected chi connectivity index (χ2v) is 13.7. The third-order valence-electron chi connectivity index (χ3n) is 7.85. The Morgan fingerprint density at radius 3 is 1.80 bits per heavy atom. The van der Waals surface area contributed by atoms with Crippen LogP contribution in [-0.4, -0.2) is 59.0 Å². The van der Waals surface area contributed by atoms with E-state index in [1.807, 2.05) is 13.0 Å². The molecule has 0 aromatic rings. The minimum absolute atomic E-state index is 0.0421. The Bertz CT molecular complexity index is 837. The van der Waals surface area contributed by atoms with Crippen molar-refractivity contribution in [3.8, 4) is 0 Å². The normalized spacial score (nSPS) is 15.5. The van der Waals surface area contributed by atoms with Crippen LogP contribution in [0.15, 0.2) is 36.5 Å². The Labute approximate surface area is 281 Å². The molecule has 0 rings (SSSR count). The number of unbranched alkanes of at least 4 members (excludes halogenated alkanes) is 16. The molecule has 0 saturated carbocycles. The van der Waals surface area contributed by atoms with Crippen molar-refractivity contribution in [3.63, 3.8) is 0 Å². The molecule has 0 radical (unpaired) electrons. The number of phosphoric ester groups is 1. The summed E-state index contributed by atoms with van der Waals surface area (Å²) in [7, 11) is -4.40. The first-order valence-corrected chi connectivity index (χ1v) is 19.7. The van der Waals surface area contributed by atoms with Crippen LogP contribution < -0.4 is 11.1 Å². The maximum atomic E-state index is 12.7. The molecule has 9 nitrogen and oxygen atoms in total. The predicted molar refractivity (Wildman–Crippen MR) is 190 cm³/mol. The highest BCUT2D eigenvalue weighted by molar-refractivity contribution is 7.47. The van der Waals surface area contributed by atoms with Crippen molar-refractivity contribution in [1.82, 2.24) is 5.32 Å². The van der Waals surface area contributed by atoms with Gasteiger partial charge >= 0.3 is 7.82 Å². The Balaban J connectivity index is 4.39. The van der Waals surface area contributed by atoms with Gasteiger partial charge in [0.15, 0.2) is 0 Å². The molecule has 1 amide bonds. The van der Waals surface area contributed by atoms with Gasteiger partial charge in [0.25, 0.3) is 0 Å². The van der Waals surface area contributed by atoms with Crippen molar-refractivity contribution < 1.29 is 33.5 Å². The zero-order valence-corrected chi connectivity index (χ0v) is 30.1. The number of carbonyl (C=O) groups excluding carboxylic acids is 1. The summed E-state index contributed by atoms with van der Waals surface area (Å²) in [5.41, 5.74) is 5.32. The number of carbonyl (C=O) groups is 1. The molecule has 270 valence electrons. The number of rotatable bonds is 33. The van der Waals surface area contributed by atoms with E-state index in [4.69, 9.17) is 14.8 Å². The summed E-state index contributed by atoms with van der Waals surface area (Å²) < 4.78 is 21.9. The molecule has 4 unspecified atom stereocenters. The van der Waals surface area contributed by atoms with Crippen LogP contribution in [0.2, 0.25) is 0 Å². The van der Waals surface area contributed by atoms with E-state index < -0.39 is 38.6 Å². The monoisotopic (exact) mass is 672 g/mol. The lowest BCUT2D eigenvalue weighted by atomic mass is 10.0. The average molecular weight is 673 g/mol. The molecule has 0 fully saturated rings. The third kappa shape index (κ3) is 30.0. The van der Waals surface area contributed by atoms with Crippen LogP contribution in [0.5, 0.6) is 0 Å². The molecule has 0 aliphatic heterocycles. The summed E-state index contributed by atoms with van der Waals surface area (Å²) in [6.45, 7) is 3.68. The predicted octanol–water partition coefficient (Wildman–Crippen LogP) is 8.19. The Hall–Kier alpha value is -1.32. The van der Waals surface area contributed by atoms with Gasteiger partial charge in [0.05, 0.1) is 37.9 Å². The number of aliphatic hydroxyl groups is 2. The van der Waals surface area contributed by atoms with Crippen LogP contribution in [0.1, 0.15) is 149 Å². The topological polar surface area (TPSA) is 151 Å². The van der Waals surface area contributed by atoms with Gasteiger partial charge < -0.3 is 26.2 Å². The van der Waals surface area contributed by atoms with E-state index >= 15 is 0 Å². The minimum atomic E-state index is -4.40. The number of aliphatic hydroxyl groups excluding tert-OH is 2. The maximum Gasteiger partial charge on any atom is 0.472 e. The largest absolute Gasteiger partial charge is 0.472 e. The third-order valence-corrected chi connectivity index (χ3v) is 8.83. The first-order valence-electron chi connectivity index (χ1n) is 18.2. The molecule has 0 spiro atoms. The summed E-state index contributed by atoms with van der Waals surface area (Å²) in [6, 6.07) is -1.000. The van der Waals surface area contributed by atoms with E-state index in [1.165, 1.54) is 83.1 Å². The van der Waals surface area contributed by atoms with Crippen LogP contribution >= 0.6 is 7.82 Å². The van der Waals surface area contributed by atoms with E-state index in [2.05, 4.69) is 30.5 Å². The molecule has 4 atom stereocenters. The first kappa shape index (κ1) is 44.7. The molecule has 0 aromatic heterocycles. The molecule has 0 aliphatic rings.